The van der Waals surface area contributed by atoms with Gasteiger partial charge in [-0.05, 0) is 43.2 Å². The van der Waals surface area contributed by atoms with Crippen LogP contribution in [-0.2, 0) is 21.2 Å². The van der Waals surface area contributed by atoms with Gasteiger partial charge in [-0.25, -0.2) is 26.2 Å². The zero-order chi connectivity index (χ0) is 19.8. The second-order valence-corrected chi connectivity index (χ2v) is 7.97. The topological polar surface area (TPSA) is 89.3 Å². The Hall–Kier alpha value is -2.52. The summed E-state index contributed by atoms with van der Waals surface area (Å²) in [6, 6.07) is 6.29. The van der Waals surface area contributed by atoms with Crippen LogP contribution in [-0.4, -0.2) is 28.5 Å². The highest BCUT2D eigenvalue weighted by Gasteiger charge is 2.25. The molecule has 0 unspecified atom stereocenters. The van der Waals surface area contributed by atoms with Crippen molar-refractivity contribution in [3.8, 4) is 0 Å². The summed E-state index contributed by atoms with van der Waals surface area (Å²) in [7, 11) is -4.36. The van der Waals surface area contributed by atoms with Crippen LogP contribution in [0.5, 0.6) is 0 Å². The Morgan fingerprint density at radius 2 is 1.81 bits per heavy atom. The number of pyridine rings is 1. The first-order valence-electron chi connectivity index (χ1n) is 7.79. The summed E-state index contributed by atoms with van der Waals surface area (Å²) in [5.41, 5.74) is 0.688. The van der Waals surface area contributed by atoms with E-state index in [9.17, 15) is 22.0 Å². The molecule has 10 heteroatoms. The van der Waals surface area contributed by atoms with E-state index in [0.717, 1.165) is 3.97 Å². The van der Waals surface area contributed by atoms with Gasteiger partial charge in [0.25, 0.3) is 10.0 Å². The largest absolute Gasteiger partial charge is 0.481 e. The molecule has 0 saturated carbocycles. The van der Waals surface area contributed by atoms with Crippen molar-refractivity contribution in [1.29, 1.82) is 0 Å². The summed E-state index contributed by atoms with van der Waals surface area (Å²) < 4.78 is 54.2. The number of carbonyl (C=O) groups is 1. The van der Waals surface area contributed by atoms with Crippen molar-refractivity contribution in [2.75, 3.05) is 0 Å². The van der Waals surface area contributed by atoms with E-state index in [4.69, 9.17) is 16.7 Å². The number of fused-ring (bicyclic) bond motifs is 1. The van der Waals surface area contributed by atoms with Crippen molar-refractivity contribution in [3.63, 3.8) is 0 Å². The van der Waals surface area contributed by atoms with E-state index in [1.54, 1.807) is 0 Å². The molecular formula is C17H13ClF2N2O4S. The van der Waals surface area contributed by atoms with Crippen LogP contribution >= 0.6 is 11.6 Å². The predicted octanol–water partition coefficient (Wildman–Crippen LogP) is 3.61. The maximum atomic E-state index is 13.6. The molecule has 0 fully saturated rings. The Bertz CT molecular complexity index is 1130. The second kappa shape index (κ2) is 7.24. The van der Waals surface area contributed by atoms with Crippen molar-refractivity contribution < 1.29 is 27.1 Å². The minimum absolute atomic E-state index is 0.108. The average Bonchev–Trinajstić information content (AvgIpc) is 2.91. The zero-order valence-electron chi connectivity index (χ0n) is 13.7. The van der Waals surface area contributed by atoms with Gasteiger partial charge in [0.15, 0.2) is 0 Å². The lowest BCUT2D eigenvalue weighted by atomic mass is 10.2. The van der Waals surface area contributed by atoms with Gasteiger partial charge in [-0.1, -0.05) is 11.6 Å². The molecule has 0 spiro atoms. The van der Waals surface area contributed by atoms with Crippen molar-refractivity contribution in [3.05, 3.63) is 58.9 Å². The van der Waals surface area contributed by atoms with Gasteiger partial charge < -0.3 is 5.11 Å². The van der Waals surface area contributed by atoms with Crippen molar-refractivity contribution >= 4 is 38.6 Å². The first-order chi connectivity index (χ1) is 12.7. The quantitative estimate of drug-likeness (QED) is 0.622. The molecule has 0 amide bonds. The predicted molar refractivity (Wildman–Crippen MR) is 94.3 cm³/mol. The monoisotopic (exact) mass is 414 g/mol. The summed E-state index contributed by atoms with van der Waals surface area (Å²) >= 11 is 5.85. The lowest BCUT2D eigenvalue weighted by Gasteiger charge is -2.12. The minimum Gasteiger partial charge on any atom is -0.481 e. The molecule has 0 atom stereocenters. The minimum atomic E-state index is -4.36. The molecule has 3 aromatic rings. The molecule has 27 heavy (non-hydrogen) atoms. The van der Waals surface area contributed by atoms with E-state index >= 15 is 0 Å². The number of rotatable bonds is 6. The van der Waals surface area contributed by atoms with Gasteiger partial charge in [-0.15, -0.1) is 0 Å². The van der Waals surface area contributed by atoms with Crippen molar-refractivity contribution in [1.82, 2.24) is 8.96 Å². The lowest BCUT2D eigenvalue weighted by Crippen LogP contribution is -2.16. The van der Waals surface area contributed by atoms with Crippen molar-refractivity contribution in [2.45, 2.75) is 24.2 Å². The highest BCUT2D eigenvalue weighted by Crippen LogP contribution is 2.27. The van der Waals surface area contributed by atoms with E-state index in [-0.39, 0.29) is 41.1 Å². The number of benzene rings is 1. The molecule has 1 N–H and O–H groups in total. The molecule has 2 aromatic heterocycles. The maximum absolute atomic E-state index is 13.6. The molecular weight excluding hydrogens is 402 g/mol. The van der Waals surface area contributed by atoms with Gasteiger partial charge in [-0.3, -0.25) is 4.79 Å². The number of carboxylic acid groups (broad SMARTS) is 1. The van der Waals surface area contributed by atoms with E-state index in [0.29, 0.717) is 18.2 Å². The molecule has 0 aliphatic heterocycles. The van der Waals surface area contributed by atoms with Crippen LogP contribution in [0.3, 0.4) is 0 Å². The molecule has 0 aliphatic carbocycles. The number of hydrogen-bond acceptors (Lipinski definition) is 4. The highest BCUT2D eigenvalue weighted by molar-refractivity contribution is 7.90. The van der Waals surface area contributed by atoms with Gasteiger partial charge in [0.2, 0.25) is 0 Å². The fourth-order valence-corrected chi connectivity index (χ4v) is 4.51. The Morgan fingerprint density at radius 3 is 2.44 bits per heavy atom. The third-order valence-corrected chi connectivity index (χ3v) is 5.80. The first kappa shape index (κ1) is 19.2. The van der Waals surface area contributed by atoms with Crippen LogP contribution in [0, 0.1) is 11.6 Å². The van der Waals surface area contributed by atoms with Gasteiger partial charge in [0.05, 0.1) is 15.9 Å². The zero-order valence-corrected chi connectivity index (χ0v) is 15.3. The van der Waals surface area contributed by atoms with Gasteiger partial charge in [0.1, 0.15) is 16.8 Å². The van der Waals surface area contributed by atoms with Crippen LogP contribution in [0.15, 0.2) is 41.3 Å². The van der Waals surface area contributed by atoms with E-state index in [2.05, 4.69) is 4.98 Å². The second-order valence-electron chi connectivity index (χ2n) is 5.80. The average molecular weight is 415 g/mol. The Balaban J connectivity index is 2.19. The summed E-state index contributed by atoms with van der Waals surface area (Å²) in [5.74, 6) is -3.08. The summed E-state index contributed by atoms with van der Waals surface area (Å²) in [4.78, 5) is 14.2. The third-order valence-electron chi connectivity index (χ3n) is 3.85. The van der Waals surface area contributed by atoms with Crippen LogP contribution in [0.2, 0.25) is 5.15 Å². The van der Waals surface area contributed by atoms with Crippen molar-refractivity contribution in [2.24, 2.45) is 0 Å². The number of carboxylic acids is 1. The SMILES string of the molecule is O=C(O)CCCc1cc2nc(Cl)ccc2n1S(=O)(=O)c1cc(F)cc(F)c1. The number of halogens is 3. The molecule has 0 saturated heterocycles. The van der Waals surface area contributed by atoms with Crippen LogP contribution in [0.1, 0.15) is 18.5 Å². The number of aromatic nitrogens is 2. The Kier molecular flexibility index (Phi) is 5.16. The first-order valence-corrected chi connectivity index (χ1v) is 9.60. The fraction of sp³-hybridized carbons (Fsp3) is 0.176. The third kappa shape index (κ3) is 3.93. The number of aryl methyl sites for hydroxylation is 1. The molecule has 142 valence electrons. The molecule has 0 radical (unpaired) electrons. The molecule has 3 rings (SSSR count). The van der Waals surface area contributed by atoms with Gasteiger partial charge in [0, 0.05) is 18.2 Å². The standard InChI is InChI=1S/C17H13ClF2N2O4S/c18-16-5-4-15-14(21-16)9-12(2-1-3-17(23)24)22(15)27(25,26)13-7-10(19)6-11(20)8-13/h4-9H,1-3H2,(H,23,24). The molecule has 0 aliphatic rings. The lowest BCUT2D eigenvalue weighted by molar-refractivity contribution is -0.137. The molecule has 2 heterocycles. The van der Waals surface area contributed by atoms with Crippen LogP contribution in [0.4, 0.5) is 8.78 Å². The Morgan fingerprint density at radius 1 is 1.15 bits per heavy atom. The van der Waals surface area contributed by atoms with Gasteiger partial charge in [-0.2, -0.15) is 0 Å². The number of hydrogen-bond donors (Lipinski definition) is 1. The van der Waals surface area contributed by atoms with Gasteiger partial charge >= 0.3 is 5.97 Å². The highest BCUT2D eigenvalue weighted by atomic mass is 35.5. The molecule has 6 nitrogen and oxygen atoms in total. The number of aliphatic carboxylic acids is 1. The van der Waals surface area contributed by atoms with E-state index in [1.807, 2.05) is 0 Å². The fourth-order valence-electron chi connectivity index (χ4n) is 2.75. The Labute approximate surface area is 158 Å². The normalized spacial score (nSPS) is 11.8. The number of nitrogens with zero attached hydrogens (tertiary/aromatic N) is 2. The molecule has 1 aromatic carbocycles. The van der Waals surface area contributed by atoms with Crippen LogP contribution in [0.25, 0.3) is 11.0 Å². The van der Waals surface area contributed by atoms with Crippen LogP contribution < -0.4 is 0 Å². The van der Waals surface area contributed by atoms with E-state index in [1.165, 1.54) is 18.2 Å². The maximum Gasteiger partial charge on any atom is 0.303 e. The summed E-state index contributed by atoms with van der Waals surface area (Å²) in [6.45, 7) is 0. The van der Waals surface area contributed by atoms with E-state index < -0.39 is 32.5 Å². The molecule has 0 bridgehead atoms. The smallest absolute Gasteiger partial charge is 0.303 e. The summed E-state index contributed by atoms with van der Waals surface area (Å²) in [5, 5.41) is 8.94. The summed E-state index contributed by atoms with van der Waals surface area (Å²) in [6.07, 6.45) is 0.119.